The average Bonchev–Trinajstić information content (AvgIpc) is 2.40. The van der Waals surface area contributed by atoms with E-state index < -0.39 is 12.1 Å². The van der Waals surface area contributed by atoms with Gasteiger partial charge in [-0.15, -0.1) is 13.2 Å². The van der Waals surface area contributed by atoms with E-state index in [4.69, 9.17) is 5.73 Å². The molecule has 0 unspecified atom stereocenters. The fourth-order valence-corrected chi connectivity index (χ4v) is 1.82. The van der Waals surface area contributed by atoms with E-state index in [1.807, 2.05) is 13.8 Å². The molecule has 0 atom stereocenters. The number of hydrogen-bond donors (Lipinski definition) is 2. The molecule has 1 aromatic rings. The number of hydrogen-bond acceptors (Lipinski definition) is 3. The summed E-state index contributed by atoms with van der Waals surface area (Å²) in [5.41, 5.74) is 5.44. The minimum absolute atomic E-state index is 0.202. The number of halogens is 3. The van der Waals surface area contributed by atoms with E-state index in [0.717, 1.165) is 18.9 Å². The highest BCUT2D eigenvalue weighted by atomic mass is 19.4. The van der Waals surface area contributed by atoms with Crippen molar-refractivity contribution >= 4 is 11.6 Å². The first-order valence-electron chi connectivity index (χ1n) is 6.70. The number of alkyl halides is 3. The summed E-state index contributed by atoms with van der Waals surface area (Å²) in [5, 5.41) is 2.74. The molecule has 0 aliphatic carbocycles. The van der Waals surface area contributed by atoms with E-state index in [0.29, 0.717) is 12.5 Å². The molecule has 118 valence electrons. The first-order valence-corrected chi connectivity index (χ1v) is 6.70. The van der Waals surface area contributed by atoms with Crippen LogP contribution in [0.4, 0.5) is 18.9 Å². The van der Waals surface area contributed by atoms with Crippen molar-refractivity contribution in [3.05, 3.63) is 23.8 Å². The van der Waals surface area contributed by atoms with Crippen molar-refractivity contribution < 1.29 is 22.7 Å². The van der Waals surface area contributed by atoms with Crippen molar-refractivity contribution in [1.82, 2.24) is 5.32 Å². The Morgan fingerprint density at radius 2 is 1.95 bits per heavy atom. The van der Waals surface area contributed by atoms with Crippen molar-refractivity contribution in [2.24, 2.45) is 5.92 Å². The molecule has 1 aromatic carbocycles. The van der Waals surface area contributed by atoms with Gasteiger partial charge in [-0.1, -0.05) is 26.7 Å². The number of benzene rings is 1. The number of anilines is 1. The number of nitrogen functional groups attached to an aromatic ring is 1. The summed E-state index contributed by atoms with van der Waals surface area (Å²) in [5.74, 6) is -0.509. The summed E-state index contributed by atoms with van der Waals surface area (Å²) >= 11 is 0. The van der Waals surface area contributed by atoms with Crippen LogP contribution < -0.4 is 15.8 Å². The first-order chi connectivity index (χ1) is 9.76. The lowest BCUT2D eigenvalue weighted by molar-refractivity contribution is -0.274. The van der Waals surface area contributed by atoms with Gasteiger partial charge in [0, 0.05) is 12.1 Å². The van der Waals surface area contributed by atoms with Crippen molar-refractivity contribution in [2.75, 3.05) is 12.3 Å². The van der Waals surface area contributed by atoms with Crippen molar-refractivity contribution in [3.63, 3.8) is 0 Å². The Morgan fingerprint density at radius 3 is 2.43 bits per heavy atom. The molecule has 0 aliphatic heterocycles. The zero-order chi connectivity index (χ0) is 16.0. The third-order valence-electron chi connectivity index (χ3n) is 3.20. The Morgan fingerprint density at radius 1 is 1.33 bits per heavy atom. The number of amides is 1. The van der Waals surface area contributed by atoms with Gasteiger partial charge in [0.2, 0.25) is 0 Å². The predicted octanol–water partition coefficient (Wildman–Crippen LogP) is 3.33. The third-order valence-corrected chi connectivity index (χ3v) is 3.20. The van der Waals surface area contributed by atoms with E-state index >= 15 is 0 Å². The molecule has 0 saturated carbocycles. The maximum absolute atomic E-state index is 12.1. The SMILES string of the molecule is CCC(CC)CNC(=O)c1ccc(OC(F)(F)F)c(N)c1. The molecular weight excluding hydrogens is 285 g/mol. The summed E-state index contributed by atoms with van der Waals surface area (Å²) in [6.45, 7) is 4.58. The van der Waals surface area contributed by atoms with E-state index in [1.165, 1.54) is 12.1 Å². The smallest absolute Gasteiger partial charge is 0.404 e. The lowest BCUT2D eigenvalue weighted by atomic mass is 10.0. The second-order valence-corrected chi connectivity index (χ2v) is 4.69. The van der Waals surface area contributed by atoms with Crippen molar-refractivity contribution in [2.45, 2.75) is 33.1 Å². The molecule has 0 heterocycles. The molecule has 1 rings (SSSR count). The van der Waals surface area contributed by atoms with Crippen molar-refractivity contribution in [1.29, 1.82) is 0 Å². The normalized spacial score (nSPS) is 11.5. The molecule has 0 aromatic heterocycles. The van der Waals surface area contributed by atoms with Crippen LogP contribution in [0.25, 0.3) is 0 Å². The van der Waals surface area contributed by atoms with Gasteiger partial charge < -0.3 is 15.8 Å². The quantitative estimate of drug-likeness (QED) is 0.792. The fourth-order valence-electron chi connectivity index (χ4n) is 1.82. The topological polar surface area (TPSA) is 64.3 Å². The third kappa shape index (κ3) is 5.53. The van der Waals surface area contributed by atoms with Crippen LogP contribution in [0.3, 0.4) is 0 Å². The summed E-state index contributed by atoms with van der Waals surface area (Å²) in [6.07, 6.45) is -2.93. The summed E-state index contributed by atoms with van der Waals surface area (Å²) in [7, 11) is 0. The molecule has 0 radical (unpaired) electrons. The average molecular weight is 304 g/mol. The summed E-state index contributed by atoms with van der Waals surface area (Å²) in [4.78, 5) is 11.9. The second-order valence-electron chi connectivity index (χ2n) is 4.69. The molecule has 7 heteroatoms. The van der Waals surface area contributed by atoms with Crippen LogP contribution in [-0.2, 0) is 0 Å². The lowest BCUT2D eigenvalue weighted by Crippen LogP contribution is -2.29. The number of nitrogens with one attached hydrogen (secondary N) is 1. The lowest BCUT2D eigenvalue weighted by Gasteiger charge is -2.14. The summed E-state index contributed by atoms with van der Waals surface area (Å²) in [6, 6.07) is 3.46. The van der Waals surface area contributed by atoms with Gasteiger partial charge in [0.05, 0.1) is 5.69 Å². The standard InChI is InChI=1S/C14H19F3N2O2/c1-3-9(4-2)8-19-13(20)10-5-6-12(11(18)7-10)21-14(15,16)17/h5-7,9H,3-4,8,18H2,1-2H3,(H,19,20). The Kier molecular flexibility index (Phi) is 5.87. The van der Waals surface area contributed by atoms with Crippen LogP contribution in [0.15, 0.2) is 18.2 Å². The van der Waals surface area contributed by atoms with Gasteiger partial charge in [-0.2, -0.15) is 0 Å². The second kappa shape index (κ2) is 7.19. The highest BCUT2D eigenvalue weighted by Crippen LogP contribution is 2.28. The molecular formula is C14H19F3N2O2. The maximum Gasteiger partial charge on any atom is 0.573 e. The van der Waals surface area contributed by atoms with Gasteiger partial charge in [-0.25, -0.2) is 0 Å². The molecule has 21 heavy (non-hydrogen) atoms. The van der Waals surface area contributed by atoms with E-state index in [-0.39, 0.29) is 17.2 Å². The Hall–Kier alpha value is -1.92. The van der Waals surface area contributed by atoms with Gasteiger partial charge in [-0.3, -0.25) is 4.79 Å². The Labute approximate surface area is 121 Å². The van der Waals surface area contributed by atoms with E-state index in [2.05, 4.69) is 10.1 Å². The number of carbonyl (C=O) groups excluding carboxylic acids is 1. The molecule has 0 fully saturated rings. The molecule has 0 saturated heterocycles. The van der Waals surface area contributed by atoms with Crippen molar-refractivity contribution in [3.8, 4) is 5.75 Å². The maximum atomic E-state index is 12.1. The molecule has 4 nitrogen and oxygen atoms in total. The fraction of sp³-hybridized carbons (Fsp3) is 0.500. The Bertz CT molecular complexity index is 486. The number of carbonyl (C=O) groups is 1. The van der Waals surface area contributed by atoms with E-state index in [9.17, 15) is 18.0 Å². The van der Waals surface area contributed by atoms with Gasteiger partial charge in [0.15, 0.2) is 5.75 Å². The number of rotatable bonds is 6. The minimum Gasteiger partial charge on any atom is -0.404 e. The molecule has 3 N–H and O–H groups in total. The Balaban J connectivity index is 2.72. The molecule has 0 spiro atoms. The minimum atomic E-state index is -4.81. The van der Waals surface area contributed by atoms with Gasteiger partial charge in [-0.05, 0) is 24.1 Å². The summed E-state index contributed by atoms with van der Waals surface area (Å²) < 4.78 is 40.1. The van der Waals surface area contributed by atoms with Gasteiger partial charge in [0.1, 0.15) is 0 Å². The predicted molar refractivity (Wildman–Crippen MR) is 73.9 cm³/mol. The first kappa shape index (κ1) is 17.1. The molecule has 0 bridgehead atoms. The zero-order valence-corrected chi connectivity index (χ0v) is 12.0. The van der Waals surface area contributed by atoms with E-state index in [1.54, 1.807) is 0 Å². The van der Waals surface area contributed by atoms with Crippen LogP contribution >= 0.6 is 0 Å². The zero-order valence-electron chi connectivity index (χ0n) is 12.0. The van der Waals surface area contributed by atoms with Crippen LogP contribution in [-0.4, -0.2) is 18.8 Å². The van der Waals surface area contributed by atoms with Crippen LogP contribution in [0.2, 0.25) is 0 Å². The largest absolute Gasteiger partial charge is 0.573 e. The highest BCUT2D eigenvalue weighted by molar-refractivity contribution is 5.95. The van der Waals surface area contributed by atoms with Gasteiger partial charge in [0.25, 0.3) is 5.91 Å². The molecule has 1 amide bonds. The highest BCUT2D eigenvalue weighted by Gasteiger charge is 2.32. The molecule has 0 aliphatic rings. The van der Waals surface area contributed by atoms with Crippen LogP contribution in [0, 0.1) is 5.92 Å². The number of ether oxygens (including phenoxy) is 1. The van der Waals surface area contributed by atoms with Crippen LogP contribution in [0.5, 0.6) is 5.75 Å². The van der Waals surface area contributed by atoms with Crippen LogP contribution in [0.1, 0.15) is 37.0 Å². The monoisotopic (exact) mass is 304 g/mol. The number of nitrogens with two attached hydrogens (primary N) is 1. The van der Waals surface area contributed by atoms with Gasteiger partial charge >= 0.3 is 6.36 Å².